The van der Waals surface area contributed by atoms with Gasteiger partial charge in [-0.1, -0.05) is 11.6 Å². The van der Waals surface area contributed by atoms with Gasteiger partial charge in [0, 0.05) is 36.1 Å². The van der Waals surface area contributed by atoms with Gasteiger partial charge in [0.25, 0.3) is 0 Å². The van der Waals surface area contributed by atoms with Gasteiger partial charge in [-0.05, 0) is 44.2 Å². The summed E-state index contributed by atoms with van der Waals surface area (Å²) < 4.78 is 7.39. The molecule has 0 aliphatic carbocycles. The lowest BCUT2D eigenvalue weighted by Gasteiger charge is -2.12. The fourth-order valence-electron chi connectivity index (χ4n) is 3.10. The number of nitrogens with zero attached hydrogens (tertiary/aromatic N) is 4. The molecule has 4 aromatic rings. The maximum absolute atomic E-state index is 5.55. The maximum Gasteiger partial charge on any atom is 0.229 e. The second kappa shape index (κ2) is 7.19. The quantitative estimate of drug-likeness (QED) is 0.544. The standard InChI is InChI=1S/C21H22N6O/c1-13-5-7-17-15(9-13)12-27(26-17)18-11-16(6-8-19(18)28-4)24-21-23-14(2)10-20(22-3)25-21/h5-12H,1-4H3,(H2,22,23,24,25). The van der Waals surface area contributed by atoms with Crippen molar-refractivity contribution >= 4 is 28.4 Å². The molecule has 0 aliphatic heterocycles. The fraction of sp³-hybridized carbons (Fsp3) is 0.190. The smallest absolute Gasteiger partial charge is 0.229 e. The second-order valence-corrected chi connectivity index (χ2v) is 6.62. The monoisotopic (exact) mass is 374 g/mol. The number of rotatable bonds is 5. The first-order chi connectivity index (χ1) is 13.6. The van der Waals surface area contributed by atoms with Gasteiger partial charge in [0.2, 0.25) is 5.95 Å². The van der Waals surface area contributed by atoms with Crippen molar-refractivity contribution in [3.05, 3.63) is 59.9 Å². The molecule has 4 rings (SSSR count). The first-order valence-corrected chi connectivity index (χ1v) is 9.00. The highest BCUT2D eigenvalue weighted by molar-refractivity contribution is 5.79. The molecule has 0 atom stereocenters. The number of fused-ring (bicyclic) bond motifs is 1. The lowest BCUT2D eigenvalue weighted by molar-refractivity contribution is 0.412. The molecular formula is C21H22N6O. The number of anilines is 3. The average Bonchev–Trinajstić information content (AvgIpc) is 3.10. The minimum absolute atomic E-state index is 0.529. The molecule has 2 N–H and O–H groups in total. The minimum atomic E-state index is 0.529. The van der Waals surface area contributed by atoms with Gasteiger partial charge in [-0.25, -0.2) is 9.67 Å². The van der Waals surface area contributed by atoms with Gasteiger partial charge in [-0.2, -0.15) is 10.1 Å². The van der Waals surface area contributed by atoms with Gasteiger partial charge in [-0.15, -0.1) is 0 Å². The number of nitrogens with one attached hydrogen (secondary N) is 2. The van der Waals surface area contributed by atoms with Gasteiger partial charge in [-0.3, -0.25) is 0 Å². The van der Waals surface area contributed by atoms with Crippen LogP contribution >= 0.6 is 0 Å². The highest BCUT2D eigenvalue weighted by Crippen LogP contribution is 2.29. The SMILES string of the molecule is CNc1cc(C)nc(Nc2ccc(OC)c(-n3cc4cc(C)ccc4n3)c2)n1. The Balaban J connectivity index is 1.74. The largest absolute Gasteiger partial charge is 0.494 e. The molecule has 0 radical (unpaired) electrons. The van der Waals surface area contributed by atoms with Crippen LogP contribution in [0.25, 0.3) is 16.6 Å². The number of aromatic nitrogens is 4. The van der Waals surface area contributed by atoms with Gasteiger partial charge in [0.15, 0.2) is 0 Å². The van der Waals surface area contributed by atoms with Crippen molar-refractivity contribution in [1.29, 1.82) is 0 Å². The number of hydrogen-bond donors (Lipinski definition) is 2. The summed E-state index contributed by atoms with van der Waals surface area (Å²) in [7, 11) is 3.49. The zero-order valence-corrected chi connectivity index (χ0v) is 16.3. The van der Waals surface area contributed by atoms with E-state index in [2.05, 4.69) is 44.8 Å². The number of methoxy groups -OCH3 is 1. The molecule has 7 nitrogen and oxygen atoms in total. The predicted molar refractivity (Wildman–Crippen MR) is 112 cm³/mol. The zero-order valence-electron chi connectivity index (χ0n) is 16.3. The normalized spacial score (nSPS) is 10.9. The third-order valence-corrected chi connectivity index (χ3v) is 4.45. The first kappa shape index (κ1) is 17.8. The highest BCUT2D eigenvalue weighted by Gasteiger charge is 2.11. The molecule has 2 aromatic carbocycles. The Hall–Kier alpha value is -3.61. The molecule has 0 fully saturated rings. The summed E-state index contributed by atoms with van der Waals surface area (Å²) in [5.41, 5.74) is 4.70. The average molecular weight is 374 g/mol. The van der Waals surface area contributed by atoms with Crippen LogP contribution < -0.4 is 15.4 Å². The van der Waals surface area contributed by atoms with Crippen molar-refractivity contribution in [3.63, 3.8) is 0 Å². The Bertz CT molecular complexity index is 1150. The molecular weight excluding hydrogens is 352 g/mol. The van der Waals surface area contributed by atoms with E-state index >= 15 is 0 Å². The predicted octanol–water partition coefficient (Wildman–Crippen LogP) is 4.23. The van der Waals surface area contributed by atoms with Crippen LogP contribution in [-0.2, 0) is 0 Å². The van der Waals surface area contributed by atoms with E-state index in [0.717, 1.165) is 39.5 Å². The van der Waals surface area contributed by atoms with Gasteiger partial charge < -0.3 is 15.4 Å². The molecule has 0 saturated carbocycles. The van der Waals surface area contributed by atoms with E-state index in [4.69, 9.17) is 4.74 Å². The Kier molecular flexibility index (Phi) is 4.57. The summed E-state index contributed by atoms with van der Waals surface area (Å²) in [6.07, 6.45) is 2.01. The topological polar surface area (TPSA) is 76.9 Å². The minimum Gasteiger partial charge on any atom is -0.494 e. The Labute approximate surface area is 163 Å². The molecule has 7 heteroatoms. The summed E-state index contributed by atoms with van der Waals surface area (Å²) in [6.45, 7) is 4.01. The Morgan fingerprint density at radius 1 is 1.00 bits per heavy atom. The molecule has 0 amide bonds. The molecule has 28 heavy (non-hydrogen) atoms. The highest BCUT2D eigenvalue weighted by atomic mass is 16.5. The zero-order chi connectivity index (χ0) is 19.7. The third kappa shape index (κ3) is 3.46. The molecule has 0 bridgehead atoms. The molecule has 0 saturated heterocycles. The number of hydrogen-bond acceptors (Lipinski definition) is 6. The third-order valence-electron chi connectivity index (χ3n) is 4.45. The van der Waals surface area contributed by atoms with Crippen LogP contribution in [0.2, 0.25) is 0 Å². The van der Waals surface area contributed by atoms with E-state index < -0.39 is 0 Å². The maximum atomic E-state index is 5.55. The number of ether oxygens (including phenoxy) is 1. The van der Waals surface area contributed by atoms with E-state index in [1.807, 2.05) is 55.2 Å². The Morgan fingerprint density at radius 3 is 2.64 bits per heavy atom. The van der Waals surface area contributed by atoms with Crippen LogP contribution in [0.3, 0.4) is 0 Å². The number of aryl methyl sites for hydroxylation is 2. The van der Waals surface area contributed by atoms with Crippen LogP contribution in [0.1, 0.15) is 11.3 Å². The summed E-state index contributed by atoms with van der Waals surface area (Å²) in [4.78, 5) is 8.90. The van der Waals surface area contributed by atoms with Crippen LogP contribution in [0.5, 0.6) is 5.75 Å². The summed E-state index contributed by atoms with van der Waals surface area (Å²) >= 11 is 0. The fourth-order valence-corrected chi connectivity index (χ4v) is 3.10. The van der Waals surface area contributed by atoms with Gasteiger partial charge >= 0.3 is 0 Å². The lowest BCUT2D eigenvalue weighted by atomic mass is 10.2. The Morgan fingerprint density at radius 2 is 1.86 bits per heavy atom. The molecule has 0 spiro atoms. The summed E-state index contributed by atoms with van der Waals surface area (Å²) in [5, 5.41) is 12.1. The van der Waals surface area contributed by atoms with Crippen LogP contribution in [-0.4, -0.2) is 33.9 Å². The van der Waals surface area contributed by atoms with E-state index in [-0.39, 0.29) is 0 Å². The van der Waals surface area contributed by atoms with Crippen molar-refractivity contribution < 1.29 is 4.74 Å². The van der Waals surface area contributed by atoms with Gasteiger partial charge in [0.05, 0.1) is 12.6 Å². The van der Waals surface area contributed by atoms with Crippen molar-refractivity contribution in [1.82, 2.24) is 19.7 Å². The summed E-state index contributed by atoms with van der Waals surface area (Å²) in [6, 6.07) is 13.9. The summed E-state index contributed by atoms with van der Waals surface area (Å²) in [5.74, 6) is 2.02. The van der Waals surface area contributed by atoms with Crippen molar-refractivity contribution in [2.45, 2.75) is 13.8 Å². The van der Waals surface area contributed by atoms with E-state index in [1.54, 1.807) is 7.11 Å². The second-order valence-electron chi connectivity index (χ2n) is 6.62. The molecule has 2 aromatic heterocycles. The van der Waals surface area contributed by atoms with Crippen LogP contribution in [0, 0.1) is 13.8 Å². The van der Waals surface area contributed by atoms with E-state index in [0.29, 0.717) is 5.95 Å². The van der Waals surface area contributed by atoms with Crippen molar-refractivity contribution in [3.8, 4) is 11.4 Å². The lowest BCUT2D eigenvalue weighted by Crippen LogP contribution is -2.04. The van der Waals surface area contributed by atoms with E-state index in [9.17, 15) is 0 Å². The first-order valence-electron chi connectivity index (χ1n) is 9.00. The molecule has 0 unspecified atom stereocenters. The number of benzene rings is 2. The van der Waals surface area contributed by atoms with Crippen molar-refractivity contribution in [2.75, 3.05) is 24.8 Å². The van der Waals surface area contributed by atoms with Crippen LogP contribution in [0.15, 0.2) is 48.7 Å². The van der Waals surface area contributed by atoms with Crippen LogP contribution in [0.4, 0.5) is 17.5 Å². The van der Waals surface area contributed by atoms with Crippen molar-refractivity contribution in [2.24, 2.45) is 0 Å². The van der Waals surface area contributed by atoms with E-state index in [1.165, 1.54) is 5.56 Å². The molecule has 0 aliphatic rings. The molecule has 2 heterocycles. The van der Waals surface area contributed by atoms with Gasteiger partial charge in [0.1, 0.15) is 17.3 Å². The molecule has 142 valence electrons.